The average Bonchev–Trinajstić information content (AvgIpc) is 2.02. The van der Waals surface area contributed by atoms with Gasteiger partial charge in [-0.1, -0.05) is 0 Å². The van der Waals surface area contributed by atoms with Gasteiger partial charge in [0.15, 0.2) is 0 Å². The lowest BCUT2D eigenvalue weighted by atomic mass is 9.92. The molecule has 0 saturated heterocycles. The van der Waals surface area contributed by atoms with Gasteiger partial charge in [0, 0.05) is 35.4 Å². The van der Waals surface area contributed by atoms with Crippen LogP contribution in [0, 0.1) is 5.41 Å². The molecule has 0 fully saturated rings. The van der Waals surface area contributed by atoms with Gasteiger partial charge in [-0.2, -0.15) is 0 Å². The third-order valence-electron chi connectivity index (χ3n) is 1.99. The minimum Gasteiger partial charge on any atom is -0.352 e. The summed E-state index contributed by atoms with van der Waals surface area (Å²) in [6, 6.07) is -0.0702. The van der Waals surface area contributed by atoms with Crippen LogP contribution in [-0.2, 0) is 15.6 Å². The number of amides is 1. The first-order chi connectivity index (χ1) is 6.29. The zero-order chi connectivity index (χ0) is 11.4. The first-order valence-corrected chi connectivity index (χ1v) is 6.33. The van der Waals surface area contributed by atoms with E-state index >= 15 is 0 Å². The molecule has 0 aliphatic heterocycles. The fourth-order valence-corrected chi connectivity index (χ4v) is 1.69. The van der Waals surface area contributed by atoms with E-state index in [0.29, 0.717) is 12.3 Å². The van der Waals surface area contributed by atoms with E-state index in [1.807, 2.05) is 6.92 Å². The summed E-state index contributed by atoms with van der Waals surface area (Å²) in [7, 11) is -0.887. The molecule has 0 aromatic heterocycles. The highest BCUT2D eigenvalue weighted by molar-refractivity contribution is 7.84. The van der Waals surface area contributed by atoms with E-state index in [9.17, 15) is 9.00 Å². The molecule has 2 atom stereocenters. The molecule has 84 valence electrons. The standard InChI is InChI=1S/C9H20N2O2S/c1-7(5-14(4)13)11-8(12)9(2,3)6-10/h7H,5-6,10H2,1-4H3,(H,11,12). The van der Waals surface area contributed by atoms with Crippen LogP contribution in [0.3, 0.4) is 0 Å². The zero-order valence-electron chi connectivity index (χ0n) is 9.29. The van der Waals surface area contributed by atoms with Gasteiger partial charge < -0.3 is 11.1 Å². The number of nitrogens with two attached hydrogens (primary N) is 1. The number of rotatable bonds is 5. The van der Waals surface area contributed by atoms with Gasteiger partial charge in [0.05, 0.1) is 5.41 Å². The molecule has 0 radical (unpaired) electrons. The monoisotopic (exact) mass is 220 g/mol. The van der Waals surface area contributed by atoms with E-state index < -0.39 is 16.2 Å². The minimum atomic E-state index is -0.887. The highest BCUT2D eigenvalue weighted by Gasteiger charge is 2.26. The van der Waals surface area contributed by atoms with Crippen LogP contribution in [0.4, 0.5) is 0 Å². The summed E-state index contributed by atoms with van der Waals surface area (Å²) in [5.74, 6) is 0.393. The van der Waals surface area contributed by atoms with Gasteiger partial charge in [0.2, 0.25) is 5.91 Å². The molecule has 5 heteroatoms. The maximum absolute atomic E-state index is 11.6. The van der Waals surface area contributed by atoms with Gasteiger partial charge >= 0.3 is 0 Å². The SMILES string of the molecule is CC(CS(C)=O)NC(=O)C(C)(C)CN. The molecule has 0 spiro atoms. The van der Waals surface area contributed by atoms with Crippen LogP contribution in [0.25, 0.3) is 0 Å². The second kappa shape index (κ2) is 5.46. The van der Waals surface area contributed by atoms with Crippen molar-refractivity contribution in [2.45, 2.75) is 26.8 Å². The fourth-order valence-electron chi connectivity index (χ4n) is 0.906. The van der Waals surface area contributed by atoms with Crippen molar-refractivity contribution in [3.8, 4) is 0 Å². The van der Waals surface area contributed by atoms with E-state index in [4.69, 9.17) is 5.73 Å². The Bertz CT molecular complexity index is 229. The lowest BCUT2D eigenvalue weighted by Gasteiger charge is -2.23. The number of carbonyl (C=O) groups is 1. The van der Waals surface area contributed by atoms with Crippen molar-refractivity contribution in [3.05, 3.63) is 0 Å². The Labute approximate surface area is 88.1 Å². The summed E-state index contributed by atoms with van der Waals surface area (Å²) in [5, 5.41) is 2.79. The quantitative estimate of drug-likeness (QED) is 0.677. The van der Waals surface area contributed by atoms with Crippen LogP contribution < -0.4 is 11.1 Å². The maximum Gasteiger partial charge on any atom is 0.227 e. The van der Waals surface area contributed by atoms with Gasteiger partial charge in [-0.05, 0) is 20.8 Å². The topological polar surface area (TPSA) is 72.2 Å². The Morgan fingerprint density at radius 2 is 2.07 bits per heavy atom. The highest BCUT2D eigenvalue weighted by Crippen LogP contribution is 2.12. The summed E-state index contributed by atoms with van der Waals surface area (Å²) < 4.78 is 10.9. The van der Waals surface area contributed by atoms with Crippen molar-refractivity contribution in [3.63, 3.8) is 0 Å². The molecule has 0 aliphatic rings. The smallest absolute Gasteiger partial charge is 0.227 e. The van der Waals surface area contributed by atoms with Crippen LogP contribution >= 0.6 is 0 Å². The molecule has 14 heavy (non-hydrogen) atoms. The van der Waals surface area contributed by atoms with Gasteiger partial charge in [-0.25, -0.2) is 0 Å². The van der Waals surface area contributed by atoms with Crippen LogP contribution in [0.2, 0.25) is 0 Å². The third-order valence-corrected chi connectivity index (χ3v) is 2.96. The van der Waals surface area contributed by atoms with E-state index in [1.54, 1.807) is 20.1 Å². The second-order valence-corrected chi connectivity index (χ2v) is 5.68. The molecule has 3 N–H and O–H groups in total. The van der Waals surface area contributed by atoms with Crippen LogP contribution in [0.5, 0.6) is 0 Å². The molecule has 0 aromatic carbocycles. The van der Waals surface area contributed by atoms with Crippen LogP contribution in [-0.4, -0.2) is 34.7 Å². The molecular weight excluding hydrogens is 200 g/mol. The zero-order valence-corrected chi connectivity index (χ0v) is 10.1. The van der Waals surface area contributed by atoms with E-state index in [2.05, 4.69) is 5.32 Å². The number of nitrogens with one attached hydrogen (secondary N) is 1. The Hall–Kier alpha value is -0.420. The third kappa shape index (κ3) is 4.72. The normalized spacial score (nSPS) is 16.1. The van der Waals surface area contributed by atoms with E-state index in [0.717, 1.165) is 0 Å². The first kappa shape index (κ1) is 13.6. The summed E-state index contributed by atoms with van der Waals surface area (Å²) >= 11 is 0. The Morgan fingerprint density at radius 1 is 1.57 bits per heavy atom. The van der Waals surface area contributed by atoms with E-state index in [1.165, 1.54) is 0 Å². The molecule has 0 bridgehead atoms. The van der Waals surface area contributed by atoms with Crippen LogP contribution in [0.15, 0.2) is 0 Å². The maximum atomic E-state index is 11.6. The first-order valence-electron chi connectivity index (χ1n) is 4.60. The average molecular weight is 220 g/mol. The number of hydrogen-bond donors (Lipinski definition) is 2. The van der Waals surface area contributed by atoms with Crippen molar-refractivity contribution in [1.29, 1.82) is 0 Å². The predicted molar refractivity (Wildman–Crippen MR) is 59.4 cm³/mol. The van der Waals surface area contributed by atoms with Crippen molar-refractivity contribution < 1.29 is 9.00 Å². The van der Waals surface area contributed by atoms with Gasteiger partial charge in [-0.3, -0.25) is 9.00 Å². The second-order valence-electron chi connectivity index (χ2n) is 4.20. The fraction of sp³-hybridized carbons (Fsp3) is 0.889. The van der Waals surface area contributed by atoms with Crippen molar-refractivity contribution >= 4 is 16.7 Å². The molecular formula is C9H20N2O2S. The Balaban J connectivity index is 4.12. The summed E-state index contributed by atoms with van der Waals surface area (Å²) in [4.78, 5) is 11.6. The van der Waals surface area contributed by atoms with Crippen molar-refractivity contribution in [2.24, 2.45) is 11.1 Å². The Morgan fingerprint density at radius 3 is 2.43 bits per heavy atom. The van der Waals surface area contributed by atoms with Crippen molar-refractivity contribution in [2.75, 3.05) is 18.6 Å². The van der Waals surface area contributed by atoms with Gasteiger partial charge in [-0.15, -0.1) is 0 Å². The van der Waals surface area contributed by atoms with E-state index in [-0.39, 0.29) is 11.9 Å². The van der Waals surface area contributed by atoms with Gasteiger partial charge in [0.25, 0.3) is 0 Å². The molecule has 2 unspecified atom stereocenters. The lowest BCUT2D eigenvalue weighted by molar-refractivity contribution is -0.129. The molecule has 4 nitrogen and oxygen atoms in total. The minimum absolute atomic E-state index is 0.0702. The molecule has 0 heterocycles. The summed E-state index contributed by atoms with van der Waals surface area (Å²) in [6.45, 7) is 5.72. The highest BCUT2D eigenvalue weighted by atomic mass is 32.2. The number of hydrogen-bond acceptors (Lipinski definition) is 3. The molecule has 0 saturated carbocycles. The molecule has 0 aromatic rings. The number of carbonyl (C=O) groups excluding carboxylic acids is 1. The lowest BCUT2D eigenvalue weighted by Crippen LogP contribution is -2.46. The summed E-state index contributed by atoms with van der Waals surface area (Å²) in [6.07, 6.45) is 1.62. The molecule has 0 aliphatic carbocycles. The molecule has 0 rings (SSSR count). The largest absolute Gasteiger partial charge is 0.352 e. The van der Waals surface area contributed by atoms with Crippen LogP contribution in [0.1, 0.15) is 20.8 Å². The molecule has 1 amide bonds. The van der Waals surface area contributed by atoms with Crippen molar-refractivity contribution in [1.82, 2.24) is 5.32 Å². The van der Waals surface area contributed by atoms with Gasteiger partial charge in [0.1, 0.15) is 0 Å². The Kier molecular flexibility index (Phi) is 5.29. The summed E-state index contributed by atoms with van der Waals surface area (Å²) in [5.41, 5.74) is 4.91. The predicted octanol–water partition coefficient (Wildman–Crippen LogP) is -0.145.